The first kappa shape index (κ1) is 16.0. The van der Waals surface area contributed by atoms with Crippen LogP contribution in [0.1, 0.15) is 44.1 Å². The Morgan fingerprint density at radius 1 is 1.26 bits per heavy atom. The Labute approximate surface area is 115 Å². The minimum absolute atomic E-state index is 0.0256. The number of nitrogens with one attached hydrogen (secondary N) is 1. The first-order chi connectivity index (χ1) is 8.98. The van der Waals surface area contributed by atoms with Gasteiger partial charge in [0.2, 0.25) is 0 Å². The average molecular weight is 285 g/mol. The van der Waals surface area contributed by atoms with E-state index in [9.17, 15) is 8.42 Å². The summed E-state index contributed by atoms with van der Waals surface area (Å²) in [6.07, 6.45) is 4.94. The van der Waals surface area contributed by atoms with Gasteiger partial charge in [-0.3, -0.25) is 0 Å². The van der Waals surface area contributed by atoms with E-state index in [-0.39, 0.29) is 17.5 Å². The molecule has 6 heteroatoms. The zero-order chi connectivity index (χ0) is 14.3. The van der Waals surface area contributed by atoms with Crippen LogP contribution in [0.2, 0.25) is 0 Å². The third kappa shape index (κ3) is 5.65. The molecule has 108 valence electrons. The summed E-state index contributed by atoms with van der Waals surface area (Å²) < 4.78 is 22.9. The van der Waals surface area contributed by atoms with Crippen molar-refractivity contribution in [3.05, 3.63) is 23.8 Å². The topological polar surface area (TPSA) is 72.0 Å². The fourth-order valence-electron chi connectivity index (χ4n) is 1.80. The molecule has 0 saturated carbocycles. The maximum atomic E-state index is 11.5. The molecule has 1 aromatic rings. The Bertz CT molecular complexity index is 471. The highest BCUT2D eigenvalue weighted by Gasteiger charge is 2.15. The van der Waals surface area contributed by atoms with Gasteiger partial charge in [-0.15, -0.1) is 0 Å². The Kier molecular flexibility index (Phi) is 6.37. The first-order valence-electron chi connectivity index (χ1n) is 6.71. The maximum Gasteiger partial charge on any atom is 0.150 e. The highest BCUT2D eigenvalue weighted by atomic mass is 32.2. The molecule has 1 N–H and O–H groups in total. The van der Waals surface area contributed by atoms with Crippen molar-refractivity contribution in [3.63, 3.8) is 0 Å². The van der Waals surface area contributed by atoms with Gasteiger partial charge < -0.3 is 5.32 Å². The van der Waals surface area contributed by atoms with Crippen molar-refractivity contribution in [3.8, 4) is 0 Å². The Balaban J connectivity index is 2.61. The van der Waals surface area contributed by atoms with Crippen molar-refractivity contribution in [1.82, 2.24) is 15.3 Å². The molecule has 1 aromatic heterocycles. The lowest BCUT2D eigenvalue weighted by Gasteiger charge is -2.16. The lowest BCUT2D eigenvalue weighted by molar-refractivity contribution is 0.483. The van der Waals surface area contributed by atoms with Crippen molar-refractivity contribution in [2.75, 3.05) is 18.1 Å². The van der Waals surface area contributed by atoms with Gasteiger partial charge in [0.1, 0.15) is 15.7 Å². The van der Waals surface area contributed by atoms with Gasteiger partial charge in [0.15, 0.2) is 0 Å². The summed E-state index contributed by atoms with van der Waals surface area (Å²) in [6, 6.07) is 0.0256. The van der Waals surface area contributed by atoms with Crippen LogP contribution in [-0.4, -0.2) is 36.4 Å². The molecule has 1 rings (SSSR count). The summed E-state index contributed by atoms with van der Waals surface area (Å²) in [6.45, 7) is 6.45. The van der Waals surface area contributed by atoms with E-state index in [0.717, 1.165) is 24.4 Å². The second-order valence-corrected chi connectivity index (χ2v) is 7.08. The zero-order valence-corrected chi connectivity index (χ0v) is 12.7. The van der Waals surface area contributed by atoms with Crippen LogP contribution < -0.4 is 5.32 Å². The summed E-state index contributed by atoms with van der Waals surface area (Å²) in [7, 11) is -2.89. The third-order valence-electron chi connectivity index (χ3n) is 2.95. The maximum absolute atomic E-state index is 11.5. The van der Waals surface area contributed by atoms with Crippen molar-refractivity contribution < 1.29 is 8.42 Å². The molecule has 0 radical (unpaired) electrons. The summed E-state index contributed by atoms with van der Waals surface area (Å²) in [5, 5.41) is 3.30. The molecule has 0 spiro atoms. The zero-order valence-electron chi connectivity index (χ0n) is 11.9. The molecule has 19 heavy (non-hydrogen) atoms. The van der Waals surface area contributed by atoms with E-state index in [0.29, 0.717) is 6.42 Å². The Morgan fingerprint density at radius 3 is 2.42 bits per heavy atom. The highest BCUT2D eigenvalue weighted by Crippen LogP contribution is 2.15. The predicted molar refractivity (Wildman–Crippen MR) is 76.7 cm³/mol. The molecule has 0 bridgehead atoms. The molecule has 1 heterocycles. The van der Waals surface area contributed by atoms with Gasteiger partial charge in [-0.25, -0.2) is 18.4 Å². The molecule has 0 amide bonds. The van der Waals surface area contributed by atoms with Crippen LogP contribution in [-0.2, 0) is 9.84 Å². The van der Waals surface area contributed by atoms with Gasteiger partial charge in [-0.05, 0) is 31.9 Å². The second-order valence-electron chi connectivity index (χ2n) is 4.61. The molecule has 0 aliphatic heterocycles. The quantitative estimate of drug-likeness (QED) is 0.786. The molecule has 0 fully saturated rings. The van der Waals surface area contributed by atoms with Crippen molar-refractivity contribution in [1.29, 1.82) is 0 Å². The van der Waals surface area contributed by atoms with Crippen LogP contribution in [0.4, 0.5) is 0 Å². The average Bonchev–Trinajstić information content (AvgIpc) is 2.39. The normalized spacial score (nSPS) is 13.4. The minimum Gasteiger partial charge on any atom is -0.308 e. The van der Waals surface area contributed by atoms with Crippen LogP contribution >= 0.6 is 0 Å². The summed E-state index contributed by atoms with van der Waals surface area (Å²) in [5.41, 5.74) is 1.02. The van der Waals surface area contributed by atoms with E-state index in [4.69, 9.17) is 0 Å². The second kappa shape index (κ2) is 7.55. The van der Waals surface area contributed by atoms with Gasteiger partial charge in [0, 0.05) is 18.1 Å². The number of hydrogen-bond acceptors (Lipinski definition) is 5. The summed E-state index contributed by atoms with van der Waals surface area (Å²) in [5.74, 6) is 1.18. The number of rotatable bonds is 8. The first-order valence-corrected chi connectivity index (χ1v) is 8.53. The number of hydrogen-bond donors (Lipinski definition) is 1. The van der Waals surface area contributed by atoms with Gasteiger partial charge in [-0.1, -0.05) is 13.8 Å². The number of sulfone groups is 1. The van der Waals surface area contributed by atoms with Gasteiger partial charge in [0.25, 0.3) is 0 Å². The third-order valence-corrected chi connectivity index (χ3v) is 4.74. The monoisotopic (exact) mass is 285 g/mol. The molecule has 5 nitrogen and oxygen atoms in total. The van der Waals surface area contributed by atoms with Crippen molar-refractivity contribution in [2.24, 2.45) is 0 Å². The van der Waals surface area contributed by atoms with E-state index in [2.05, 4.69) is 15.3 Å². The molecule has 0 aliphatic carbocycles. The Morgan fingerprint density at radius 2 is 1.89 bits per heavy atom. The van der Waals surface area contributed by atoms with Gasteiger partial charge >= 0.3 is 0 Å². The van der Waals surface area contributed by atoms with Crippen LogP contribution in [0, 0.1) is 6.92 Å². The SMILES string of the molecule is CCNC(CCCS(=O)(=O)CC)c1ncc(C)cn1. The van der Waals surface area contributed by atoms with Crippen LogP contribution in [0.3, 0.4) is 0 Å². The summed E-state index contributed by atoms with van der Waals surface area (Å²) in [4.78, 5) is 8.62. The number of aromatic nitrogens is 2. The molecule has 1 atom stereocenters. The molecule has 0 aliphatic rings. The Hall–Kier alpha value is -1.01. The van der Waals surface area contributed by atoms with E-state index in [1.807, 2.05) is 13.8 Å². The van der Waals surface area contributed by atoms with Crippen LogP contribution in [0.5, 0.6) is 0 Å². The molecule has 0 saturated heterocycles. The van der Waals surface area contributed by atoms with Gasteiger partial charge in [0.05, 0.1) is 11.8 Å². The number of nitrogens with zero attached hydrogens (tertiary/aromatic N) is 2. The highest BCUT2D eigenvalue weighted by molar-refractivity contribution is 7.91. The fourth-order valence-corrected chi connectivity index (χ4v) is 2.70. The van der Waals surface area contributed by atoms with E-state index >= 15 is 0 Å². The lowest BCUT2D eigenvalue weighted by Crippen LogP contribution is -2.24. The molecule has 0 aromatic carbocycles. The smallest absolute Gasteiger partial charge is 0.150 e. The molecule has 1 unspecified atom stereocenters. The minimum atomic E-state index is -2.89. The largest absolute Gasteiger partial charge is 0.308 e. The number of aryl methyl sites for hydroxylation is 1. The molecular formula is C13H23N3O2S. The van der Waals surface area contributed by atoms with Crippen molar-refractivity contribution in [2.45, 2.75) is 39.7 Å². The lowest BCUT2D eigenvalue weighted by atomic mass is 10.1. The standard InChI is InChI=1S/C13H23N3O2S/c1-4-14-12(7-6-8-19(17,18)5-2)13-15-9-11(3)10-16-13/h9-10,12,14H,4-8H2,1-3H3. The van der Waals surface area contributed by atoms with Crippen molar-refractivity contribution >= 4 is 9.84 Å². The van der Waals surface area contributed by atoms with E-state index in [1.54, 1.807) is 19.3 Å². The summed E-state index contributed by atoms with van der Waals surface area (Å²) >= 11 is 0. The van der Waals surface area contributed by atoms with Crippen LogP contribution in [0.15, 0.2) is 12.4 Å². The fraction of sp³-hybridized carbons (Fsp3) is 0.692. The van der Waals surface area contributed by atoms with Crippen LogP contribution in [0.25, 0.3) is 0 Å². The van der Waals surface area contributed by atoms with E-state index in [1.165, 1.54) is 0 Å². The predicted octanol–water partition coefficient (Wildman–Crippen LogP) is 1.65. The van der Waals surface area contributed by atoms with Gasteiger partial charge in [-0.2, -0.15) is 0 Å². The van der Waals surface area contributed by atoms with E-state index < -0.39 is 9.84 Å². The molecular weight excluding hydrogens is 262 g/mol.